The van der Waals surface area contributed by atoms with Gasteiger partial charge in [0.1, 0.15) is 35.2 Å². The smallest absolute Gasteiger partial charge is 0.229 e. The lowest BCUT2D eigenvalue weighted by molar-refractivity contribution is -0.268. The van der Waals surface area contributed by atoms with Crippen molar-refractivity contribution in [3.05, 3.63) is 40.6 Å². The molecular formula is C23H24O11. The molecule has 0 amide bonds. The summed E-state index contributed by atoms with van der Waals surface area (Å²) in [5.41, 5.74) is -0.315. The van der Waals surface area contributed by atoms with E-state index in [9.17, 15) is 30.3 Å². The summed E-state index contributed by atoms with van der Waals surface area (Å²) in [5.74, 6) is -1.16. The molecular weight excluding hydrogens is 452 g/mol. The van der Waals surface area contributed by atoms with Crippen LogP contribution in [0.1, 0.15) is 6.92 Å². The van der Waals surface area contributed by atoms with Gasteiger partial charge in [0.05, 0.1) is 20.3 Å². The van der Waals surface area contributed by atoms with Gasteiger partial charge in [0, 0.05) is 11.6 Å². The van der Waals surface area contributed by atoms with E-state index < -0.39 is 41.9 Å². The van der Waals surface area contributed by atoms with Gasteiger partial charge in [-0.2, -0.15) is 0 Å². The minimum Gasteiger partial charge on any atom is -0.508 e. The first-order valence-electron chi connectivity index (χ1n) is 10.3. The van der Waals surface area contributed by atoms with Crippen LogP contribution in [0.3, 0.4) is 0 Å². The van der Waals surface area contributed by atoms with Crippen molar-refractivity contribution in [1.29, 1.82) is 0 Å². The average Bonchev–Trinajstić information content (AvgIpc) is 2.81. The maximum absolute atomic E-state index is 12.9. The van der Waals surface area contributed by atoms with Crippen LogP contribution in [0.5, 0.6) is 28.7 Å². The highest BCUT2D eigenvalue weighted by atomic mass is 16.7. The molecule has 0 aliphatic carbocycles. The number of ether oxygens (including phenoxy) is 4. The Morgan fingerprint density at radius 2 is 1.53 bits per heavy atom. The molecule has 1 aromatic heterocycles. The van der Waals surface area contributed by atoms with Crippen LogP contribution in [-0.4, -0.2) is 70.5 Å². The lowest BCUT2D eigenvalue weighted by atomic mass is 10.00. The molecule has 0 saturated carbocycles. The summed E-state index contributed by atoms with van der Waals surface area (Å²) in [5, 5.41) is 50.5. The lowest BCUT2D eigenvalue weighted by Gasteiger charge is -2.39. The largest absolute Gasteiger partial charge is 0.508 e. The van der Waals surface area contributed by atoms with E-state index in [0.717, 1.165) is 0 Å². The van der Waals surface area contributed by atoms with E-state index in [1.54, 1.807) is 0 Å². The summed E-state index contributed by atoms with van der Waals surface area (Å²) in [4.78, 5) is 12.9. The second-order valence-electron chi connectivity index (χ2n) is 7.77. The van der Waals surface area contributed by atoms with E-state index in [1.165, 1.54) is 51.5 Å². The summed E-state index contributed by atoms with van der Waals surface area (Å²) in [7, 11) is 2.49. The van der Waals surface area contributed by atoms with Crippen LogP contribution in [-0.2, 0) is 4.74 Å². The lowest BCUT2D eigenvalue weighted by Crippen LogP contribution is -2.58. The number of aromatic hydroxyl groups is 2. The maximum Gasteiger partial charge on any atom is 0.229 e. The van der Waals surface area contributed by atoms with E-state index in [4.69, 9.17) is 23.4 Å². The second kappa shape index (κ2) is 9.03. The monoisotopic (exact) mass is 476 g/mol. The molecule has 11 heteroatoms. The van der Waals surface area contributed by atoms with Crippen molar-refractivity contribution in [2.45, 2.75) is 37.6 Å². The third-order valence-corrected chi connectivity index (χ3v) is 5.62. The molecule has 34 heavy (non-hydrogen) atoms. The Bertz CT molecular complexity index is 1250. The van der Waals surface area contributed by atoms with Crippen LogP contribution in [0.15, 0.2) is 39.5 Å². The minimum absolute atomic E-state index is 0.0232. The molecule has 5 atom stereocenters. The van der Waals surface area contributed by atoms with Crippen LogP contribution in [0.4, 0.5) is 0 Å². The van der Waals surface area contributed by atoms with E-state index in [0.29, 0.717) is 5.56 Å². The first-order chi connectivity index (χ1) is 16.2. The van der Waals surface area contributed by atoms with Crippen molar-refractivity contribution in [3.8, 4) is 40.1 Å². The van der Waals surface area contributed by atoms with Crippen LogP contribution in [0.2, 0.25) is 0 Å². The van der Waals surface area contributed by atoms with Crippen LogP contribution >= 0.6 is 0 Å². The summed E-state index contributed by atoms with van der Waals surface area (Å²) in [6.45, 7) is 1.48. The number of phenolic OH excluding ortho intramolecular Hbond substituents is 2. The molecule has 2 aromatic carbocycles. The summed E-state index contributed by atoms with van der Waals surface area (Å²) >= 11 is 0. The highest BCUT2D eigenvalue weighted by Crippen LogP contribution is 2.51. The Labute approximate surface area is 192 Å². The van der Waals surface area contributed by atoms with Crippen molar-refractivity contribution in [2.75, 3.05) is 14.2 Å². The normalized spacial score (nSPS) is 24.7. The van der Waals surface area contributed by atoms with Crippen LogP contribution in [0, 0.1) is 0 Å². The highest BCUT2D eigenvalue weighted by Gasteiger charge is 2.44. The second-order valence-corrected chi connectivity index (χ2v) is 7.77. The quantitative estimate of drug-likeness (QED) is 0.357. The number of methoxy groups -OCH3 is 2. The number of aliphatic hydroxyl groups excluding tert-OH is 3. The van der Waals surface area contributed by atoms with Gasteiger partial charge in [-0.1, -0.05) is 0 Å². The molecule has 0 unspecified atom stereocenters. The zero-order chi connectivity index (χ0) is 24.7. The summed E-state index contributed by atoms with van der Waals surface area (Å²) < 4.78 is 27.8. The Balaban J connectivity index is 1.91. The number of hydrogen-bond acceptors (Lipinski definition) is 11. The van der Waals surface area contributed by atoms with Crippen LogP contribution in [0.25, 0.3) is 22.3 Å². The third kappa shape index (κ3) is 3.88. The van der Waals surface area contributed by atoms with Crippen molar-refractivity contribution < 1.29 is 48.9 Å². The minimum atomic E-state index is -1.66. The molecule has 182 valence electrons. The topological polar surface area (TPSA) is 168 Å². The number of benzene rings is 2. The molecule has 0 radical (unpaired) electrons. The maximum atomic E-state index is 12.9. The third-order valence-electron chi connectivity index (χ3n) is 5.62. The molecule has 2 heterocycles. The number of rotatable bonds is 5. The van der Waals surface area contributed by atoms with Crippen molar-refractivity contribution in [1.82, 2.24) is 0 Å². The molecule has 1 aliphatic heterocycles. The number of fused-ring (bicyclic) bond motifs is 1. The number of phenols is 2. The van der Waals surface area contributed by atoms with Crippen molar-refractivity contribution >= 4 is 11.0 Å². The molecule has 3 aromatic rings. The molecule has 0 spiro atoms. The molecule has 5 N–H and O–H groups in total. The molecule has 1 fully saturated rings. The highest BCUT2D eigenvalue weighted by molar-refractivity contribution is 5.95. The van der Waals surface area contributed by atoms with Gasteiger partial charge in [-0.05, 0) is 31.2 Å². The predicted octanol–water partition coefficient (Wildman–Crippen LogP) is 1.09. The van der Waals surface area contributed by atoms with Gasteiger partial charge in [-0.15, -0.1) is 0 Å². The fourth-order valence-corrected chi connectivity index (χ4v) is 3.78. The van der Waals surface area contributed by atoms with Gasteiger partial charge in [-0.25, -0.2) is 0 Å². The van der Waals surface area contributed by atoms with E-state index >= 15 is 0 Å². The van der Waals surface area contributed by atoms with E-state index in [1.807, 2.05) is 0 Å². The number of aliphatic hydroxyl groups is 3. The molecule has 11 nitrogen and oxygen atoms in total. The summed E-state index contributed by atoms with van der Waals surface area (Å²) in [6, 6.07) is 7.07. The van der Waals surface area contributed by atoms with Crippen molar-refractivity contribution in [2.24, 2.45) is 0 Å². The predicted molar refractivity (Wildman–Crippen MR) is 117 cm³/mol. The molecule has 1 aliphatic rings. The molecule has 0 bridgehead atoms. The van der Waals surface area contributed by atoms with E-state index in [-0.39, 0.29) is 39.7 Å². The summed E-state index contributed by atoms with van der Waals surface area (Å²) in [6.07, 6.45) is -6.96. The van der Waals surface area contributed by atoms with Gasteiger partial charge in [-0.3, -0.25) is 4.79 Å². The first-order valence-corrected chi connectivity index (χ1v) is 10.3. The standard InChI is InChI=1S/C23H24O11/c1-9-15(26)17(28)18(29)23(32-9)34-22-20(30-2)16(27)14-12(25)8-13(33-19(14)21(22)31-3)10-4-6-11(24)7-5-10/h4-9,15,17-18,23-24,26-29H,1-3H3/t9-,15-,17+,18+,23-/m0/s1. The molecule has 1 saturated heterocycles. The average molecular weight is 476 g/mol. The van der Waals surface area contributed by atoms with Gasteiger partial charge >= 0.3 is 0 Å². The van der Waals surface area contributed by atoms with Gasteiger partial charge in [0.25, 0.3) is 0 Å². The van der Waals surface area contributed by atoms with Gasteiger partial charge in [0.2, 0.25) is 23.5 Å². The first kappa shape index (κ1) is 23.6. The van der Waals surface area contributed by atoms with Gasteiger partial charge in [0.15, 0.2) is 16.8 Å². The number of hydrogen-bond donors (Lipinski definition) is 5. The molecule has 4 rings (SSSR count). The Hall–Kier alpha value is -3.51. The zero-order valence-electron chi connectivity index (χ0n) is 18.5. The van der Waals surface area contributed by atoms with Crippen molar-refractivity contribution in [3.63, 3.8) is 0 Å². The fraction of sp³-hybridized carbons (Fsp3) is 0.348. The Morgan fingerprint density at radius 1 is 0.882 bits per heavy atom. The van der Waals surface area contributed by atoms with Gasteiger partial charge < -0.3 is 48.9 Å². The Kier molecular flexibility index (Phi) is 6.28. The Morgan fingerprint density at radius 3 is 2.15 bits per heavy atom. The zero-order valence-corrected chi connectivity index (χ0v) is 18.5. The SMILES string of the molecule is COc1c(O[C@@H]2O[C@@H](C)[C@H](O)[C@@H](O)[C@H]2O)c(OC)c2oc(-c3ccc(O)cc3)cc(=O)c2c1O. The fourth-order valence-electron chi connectivity index (χ4n) is 3.78. The van der Waals surface area contributed by atoms with E-state index in [2.05, 4.69) is 0 Å². The van der Waals surface area contributed by atoms with Crippen LogP contribution < -0.4 is 19.6 Å².